The van der Waals surface area contributed by atoms with Crippen molar-refractivity contribution in [3.63, 3.8) is 0 Å². The van der Waals surface area contributed by atoms with Gasteiger partial charge < -0.3 is 0 Å². The molecule has 2 aliphatic rings. The van der Waals surface area contributed by atoms with Gasteiger partial charge >= 0.3 is 0 Å². The smallest absolute Gasteiger partial charge is 0.176 e. The van der Waals surface area contributed by atoms with Crippen molar-refractivity contribution in [3.05, 3.63) is 70.1 Å². The third-order valence-electron chi connectivity index (χ3n) is 6.04. The molecule has 2 unspecified atom stereocenters. The molecular formula is C22H21ClN4O. The van der Waals surface area contributed by atoms with E-state index in [1.807, 2.05) is 24.6 Å². The monoisotopic (exact) mass is 392 g/mol. The molecule has 0 saturated heterocycles. The molecule has 5 rings (SSSR count). The highest BCUT2D eigenvalue weighted by atomic mass is 35.5. The first kappa shape index (κ1) is 17.6. The Balaban J connectivity index is 1.61. The number of hydrogen-bond donors (Lipinski definition) is 0. The van der Waals surface area contributed by atoms with Gasteiger partial charge in [-0.1, -0.05) is 55.8 Å². The zero-order valence-corrected chi connectivity index (χ0v) is 16.6. The molecule has 0 bridgehead atoms. The predicted molar refractivity (Wildman–Crippen MR) is 107 cm³/mol. The summed E-state index contributed by atoms with van der Waals surface area (Å²) in [4.78, 5) is 13.3. The summed E-state index contributed by atoms with van der Waals surface area (Å²) in [5, 5.41) is 13.4. The van der Waals surface area contributed by atoms with E-state index in [9.17, 15) is 4.79 Å². The van der Waals surface area contributed by atoms with Gasteiger partial charge in [0.15, 0.2) is 16.8 Å². The second kappa shape index (κ2) is 6.24. The van der Waals surface area contributed by atoms with Crippen LogP contribution < -0.4 is 0 Å². The molecule has 1 saturated carbocycles. The number of Topliss-reactive ketones (excluding diaryl/α,β-unsaturated/α-hetero) is 1. The van der Waals surface area contributed by atoms with Gasteiger partial charge in [0, 0.05) is 11.3 Å². The van der Waals surface area contributed by atoms with Crippen LogP contribution in [0.25, 0.3) is 5.82 Å². The van der Waals surface area contributed by atoms with Crippen LogP contribution >= 0.6 is 11.6 Å². The number of fused-ring (bicyclic) bond motifs is 1. The van der Waals surface area contributed by atoms with Crippen LogP contribution in [0.15, 0.2) is 42.5 Å². The summed E-state index contributed by atoms with van der Waals surface area (Å²) >= 11 is 5.90. The first-order valence-electron chi connectivity index (χ1n) is 9.67. The number of aromatic nitrogens is 4. The Morgan fingerprint density at radius 3 is 2.57 bits per heavy atom. The van der Waals surface area contributed by atoms with Crippen molar-refractivity contribution in [2.45, 2.75) is 44.9 Å². The van der Waals surface area contributed by atoms with Crippen molar-refractivity contribution in [3.8, 4) is 5.82 Å². The van der Waals surface area contributed by atoms with Crippen LogP contribution in [0.3, 0.4) is 0 Å². The molecule has 142 valence electrons. The Bertz CT molecular complexity index is 1060. The second-order valence-electron chi connectivity index (χ2n) is 8.41. The number of carbonyl (C=O) groups excluding carboxylic acids is 1. The molecule has 2 atom stereocenters. The molecule has 0 aliphatic heterocycles. The number of benzene rings is 1. The van der Waals surface area contributed by atoms with E-state index in [1.54, 1.807) is 12.1 Å². The summed E-state index contributed by atoms with van der Waals surface area (Å²) in [6.45, 7) is 4.06. The van der Waals surface area contributed by atoms with Crippen molar-refractivity contribution in [1.82, 2.24) is 20.0 Å². The first-order valence-corrected chi connectivity index (χ1v) is 10.0. The summed E-state index contributed by atoms with van der Waals surface area (Å²) in [7, 11) is 0. The lowest BCUT2D eigenvalue weighted by molar-refractivity contribution is 0.0809. The van der Waals surface area contributed by atoms with Gasteiger partial charge in [-0.25, -0.2) is 4.68 Å². The summed E-state index contributed by atoms with van der Waals surface area (Å²) < 4.78 is 1.81. The number of rotatable bonds is 3. The third kappa shape index (κ3) is 2.76. The number of hydrogen-bond acceptors (Lipinski definition) is 4. The average Bonchev–Trinajstić information content (AvgIpc) is 3.40. The lowest BCUT2D eigenvalue weighted by atomic mass is 9.74. The highest BCUT2D eigenvalue weighted by molar-refractivity contribution is 6.29. The van der Waals surface area contributed by atoms with E-state index in [4.69, 9.17) is 16.7 Å². The molecule has 0 radical (unpaired) electrons. The SMILES string of the molecule is CC1(C)CCc2c(c(C3CC3c3ccccc3)nn2-c2ccc(Cl)nn2)C1=O. The van der Waals surface area contributed by atoms with E-state index in [2.05, 4.69) is 34.5 Å². The molecule has 5 nitrogen and oxygen atoms in total. The van der Waals surface area contributed by atoms with E-state index in [0.29, 0.717) is 16.9 Å². The van der Waals surface area contributed by atoms with E-state index in [0.717, 1.165) is 36.2 Å². The molecule has 0 N–H and O–H groups in total. The molecule has 3 aromatic rings. The average molecular weight is 393 g/mol. The molecule has 6 heteroatoms. The lowest BCUT2D eigenvalue weighted by Gasteiger charge is -2.28. The molecule has 1 fully saturated rings. The van der Waals surface area contributed by atoms with Gasteiger partial charge in [-0.15, -0.1) is 10.2 Å². The standard InChI is InChI=1S/C22H21ClN4O/c1-22(2)11-10-16-19(21(22)28)20(15-12-14(15)13-6-4-3-5-7-13)26-27(16)18-9-8-17(23)24-25-18/h3-9,14-15H,10-12H2,1-2H3. The predicted octanol–water partition coefficient (Wildman–Crippen LogP) is 4.74. The van der Waals surface area contributed by atoms with Crippen LogP contribution in [0, 0.1) is 5.41 Å². The molecule has 2 heterocycles. The highest BCUT2D eigenvalue weighted by Crippen LogP contribution is 2.56. The van der Waals surface area contributed by atoms with E-state index < -0.39 is 0 Å². The molecule has 0 spiro atoms. The Labute approximate surface area is 168 Å². The summed E-state index contributed by atoms with van der Waals surface area (Å²) in [5.74, 6) is 1.49. The normalized spacial score (nSPS) is 22.8. The van der Waals surface area contributed by atoms with E-state index in [1.165, 1.54) is 5.56 Å². The minimum Gasteiger partial charge on any atom is -0.293 e. The largest absolute Gasteiger partial charge is 0.293 e. The summed E-state index contributed by atoms with van der Waals surface area (Å²) in [6.07, 6.45) is 2.62. The van der Waals surface area contributed by atoms with Crippen LogP contribution in [0.4, 0.5) is 0 Å². The fraction of sp³-hybridized carbons (Fsp3) is 0.364. The molecule has 28 heavy (non-hydrogen) atoms. The minimum atomic E-state index is -0.363. The Morgan fingerprint density at radius 2 is 1.86 bits per heavy atom. The Kier molecular flexibility index (Phi) is 3.91. The fourth-order valence-corrected chi connectivity index (χ4v) is 4.37. The van der Waals surface area contributed by atoms with Crippen molar-refractivity contribution in [2.24, 2.45) is 5.41 Å². The summed E-state index contributed by atoms with van der Waals surface area (Å²) in [6, 6.07) is 14.0. The lowest BCUT2D eigenvalue weighted by Crippen LogP contribution is -2.31. The molecule has 1 aromatic carbocycles. The van der Waals surface area contributed by atoms with E-state index >= 15 is 0 Å². The maximum absolute atomic E-state index is 13.3. The molecular weight excluding hydrogens is 372 g/mol. The van der Waals surface area contributed by atoms with Crippen molar-refractivity contribution < 1.29 is 4.79 Å². The summed E-state index contributed by atoms with van der Waals surface area (Å²) in [5.41, 5.74) is 3.62. The van der Waals surface area contributed by atoms with Crippen LogP contribution in [0.2, 0.25) is 5.15 Å². The molecule has 2 aliphatic carbocycles. The van der Waals surface area contributed by atoms with Gasteiger partial charge in [-0.2, -0.15) is 5.10 Å². The van der Waals surface area contributed by atoms with Gasteiger partial charge in [0.25, 0.3) is 0 Å². The molecule has 0 amide bonds. The maximum Gasteiger partial charge on any atom is 0.176 e. The number of ketones is 1. The van der Waals surface area contributed by atoms with Gasteiger partial charge in [-0.05, 0) is 42.9 Å². The van der Waals surface area contributed by atoms with Crippen LogP contribution in [-0.4, -0.2) is 25.8 Å². The zero-order valence-electron chi connectivity index (χ0n) is 15.9. The topological polar surface area (TPSA) is 60.7 Å². The van der Waals surface area contributed by atoms with E-state index in [-0.39, 0.29) is 17.1 Å². The first-order chi connectivity index (χ1) is 13.5. The van der Waals surface area contributed by atoms with Crippen molar-refractivity contribution >= 4 is 17.4 Å². The number of carbonyl (C=O) groups is 1. The Hall–Kier alpha value is -2.53. The second-order valence-corrected chi connectivity index (χ2v) is 8.79. The van der Waals surface area contributed by atoms with Crippen molar-refractivity contribution in [2.75, 3.05) is 0 Å². The third-order valence-corrected chi connectivity index (χ3v) is 6.24. The number of nitrogens with zero attached hydrogens (tertiary/aromatic N) is 4. The van der Waals surface area contributed by atoms with Gasteiger partial charge in [0.2, 0.25) is 0 Å². The number of halogens is 1. The van der Waals surface area contributed by atoms with Crippen LogP contribution in [0.1, 0.15) is 65.8 Å². The van der Waals surface area contributed by atoms with Gasteiger partial charge in [0.05, 0.1) is 17.0 Å². The Morgan fingerprint density at radius 1 is 1.07 bits per heavy atom. The quantitative estimate of drug-likeness (QED) is 0.645. The van der Waals surface area contributed by atoms with Gasteiger partial charge in [-0.3, -0.25) is 4.79 Å². The van der Waals surface area contributed by atoms with Crippen LogP contribution in [-0.2, 0) is 6.42 Å². The minimum absolute atomic E-state index is 0.190. The maximum atomic E-state index is 13.3. The van der Waals surface area contributed by atoms with Gasteiger partial charge in [0.1, 0.15) is 0 Å². The fourth-order valence-electron chi connectivity index (χ4n) is 4.27. The zero-order chi connectivity index (χ0) is 19.5. The highest BCUT2D eigenvalue weighted by Gasteiger charge is 2.47. The van der Waals surface area contributed by atoms with Crippen molar-refractivity contribution in [1.29, 1.82) is 0 Å². The molecule has 2 aromatic heterocycles. The van der Waals surface area contributed by atoms with Crippen LogP contribution in [0.5, 0.6) is 0 Å².